The zero-order valence-electron chi connectivity index (χ0n) is 18.9. The number of carboxylic acids is 1. The fourth-order valence-electron chi connectivity index (χ4n) is 5.54. The molecular formula is C30H24NO2+. The Morgan fingerprint density at radius 3 is 2.24 bits per heavy atom. The third-order valence-electron chi connectivity index (χ3n) is 7.26. The lowest BCUT2D eigenvalue weighted by Crippen LogP contribution is -2.26. The largest absolute Gasteiger partial charge is 0.478 e. The van der Waals surface area contributed by atoms with Crippen molar-refractivity contribution in [1.29, 1.82) is 0 Å². The zero-order valence-corrected chi connectivity index (χ0v) is 18.9. The van der Waals surface area contributed by atoms with Gasteiger partial charge in [0.05, 0.1) is 11.0 Å². The second kappa shape index (κ2) is 6.76. The highest BCUT2D eigenvalue weighted by molar-refractivity contribution is 6.24. The summed E-state index contributed by atoms with van der Waals surface area (Å²) in [5.74, 6) is -0.895. The number of benzene rings is 5. The van der Waals surface area contributed by atoms with E-state index in [1.165, 1.54) is 37.9 Å². The summed E-state index contributed by atoms with van der Waals surface area (Å²) < 4.78 is 2.17. The Kier molecular flexibility index (Phi) is 4.03. The van der Waals surface area contributed by atoms with Crippen LogP contribution in [-0.4, -0.2) is 28.4 Å². The number of fused-ring (bicyclic) bond motifs is 1. The molecule has 3 nitrogen and oxygen atoms in total. The van der Waals surface area contributed by atoms with Crippen LogP contribution in [-0.2, 0) is 5.41 Å². The fourth-order valence-corrected chi connectivity index (χ4v) is 5.54. The number of allylic oxidation sites excluding steroid dienone is 1. The van der Waals surface area contributed by atoms with E-state index in [9.17, 15) is 9.90 Å². The minimum atomic E-state index is -0.895. The molecule has 6 rings (SSSR count). The van der Waals surface area contributed by atoms with Gasteiger partial charge in [-0.3, -0.25) is 0 Å². The first-order chi connectivity index (χ1) is 15.9. The molecule has 5 aromatic rings. The van der Waals surface area contributed by atoms with Crippen molar-refractivity contribution in [3.63, 3.8) is 0 Å². The van der Waals surface area contributed by atoms with Gasteiger partial charge in [0, 0.05) is 17.7 Å². The highest BCUT2D eigenvalue weighted by Gasteiger charge is 2.43. The van der Waals surface area contributed by atoms with Gasteiger partial charge in [0.2, 0.25) is 5.69 Å². The molecule has 0 saturated heterocycles. The van der Waals surface area contributed by atoms with Gasteiger partial charge in [-0.25, -0.2) is 4.79 Å². The predicted molar refractivity (Wildman–Crippen MR) is 136 cm³/mol. The third-order valence-corrected chi connectivity index (χ3v) is 7.26. The van der Waals surface area contributed by atoms with Gasteiger partial charge in [-0.05, 0) is 69.9 Å². The third kappa shape index (κ3) is 2.75. The van der Waals surface area contributed by atoms with Crippen molar-refractivity contribution in [2.75, 3.05) is 7.05 Å². The van der Waals surface area contributed by atoms with Crippen LogP contribution in [0.15, 0.2) is 78.9 Å². The normalized spacial score (nSPS) is 15.4. The number of carbonyl (C=O) groups is 1. The van der Waals surface area contributed by atoms with Gasteiger partial charge in [0.15, 0.2) is 5.71 Å². The van der Waals surface area contributed by atoms with Crippen LogP contribution in [0.25, 0.3) is 38.4 Å². The van der Waals surface area contributed by atoms with Crippen molar-refractivity contribution >= 4 is 55.8 Å². The van der Waals surface area contributed by atoms with Crippen molar-refractivity contribution < 1.29 is 14.5 Å². The van der Waals surface area contributed by atoms with E-state index in [1.807, 2.05) is 12.1 Å². The Balaban J connectivity index is 1.50. The predicted octanol–water partition coefficient (Wildman–Crippen LogP) is 7.00. The van der Waals surface area contributed by atoms with Crippen LogP contribution >= 0.6 is 0 Å². The van der Waals surface area contributed by atoms with Crippen LogP contribution in [0, 0.1) is 0 Å². The van der Waals surface area contributed by atoms with Crippen molar-refractivity contribution in [3.8, 4) is 0 Å². The van der Waals surface area contributed by atoms with Crippen LogP contribution < -0.4 is 0 Å². The molecule has 0 unspecified atom stereocenters. The molecule has 0 bridgehead atoms. The fraction of sp³-hybridized carbons (Fsp3) is 0.133. The number of hydrogen-bond donors (Lipinski definition) is 1. The summed E-state index contributed by atoms with van der Waals surface area (Å²) in [4.78, 5) is 11.5. The van der Waals surface area contributed by atoms with Crippen LogP contribution in [0.5, 0.6) is 0 Å². The van der Waals surface area contributed by atoms with Gasteiger partial charge < -0.3 is 5.11 Å². The number of aromatic carboxylic acids is 1. The van der Waals surface area contributed by atoms with E-state index in [0.29, 0.717) is 5.56 Å². The molecule has 1 heterocycles. The molecule has 0 saturated carbocycles. The standard InChI is InChI=1S/C30H23NO2/c1-30(2)24-17-22(29(32)33)12-15-25(24)31(3)26(30)16-13-18-7-8-21-10-9-19-5-4-6-20-11-14-23(18)28(21)27(19)20/h4-17H,1-3H3/p+1. The maximum absolute atomic E-state index is 11.5. The molecule has 1 aliphatic rings. The monoisotopic (exact) mass is 430 g/mol. The van der Waals surface area contributed by atoms with Gasteiger partial charge in [-0.1, -0.05) is 54.6 Å². The topological polar surface area (TPSA) is 40.3 Å². The molecule has 0 spiro atoms. The molecule has 3 heteroatoms. The SMILES string of the molecule is C[N+]1=C(C=Cc2ccc3ccc4cccc5ccc2c3c45)C(C)(C)c2cc(C(=O)O)ccc21. The van der Waals surface area contributed by atoms with Gasteiger partial charge in [0.1, 0.15) is 7.05 Å². The van der Waals surface area contributed by atoms with Gasteiger partial charge in [-0.15, -0.1) is 0 Å². The van der Waals surface area contributed by atoms with Crippen LogP contribution in [0.1, 0.15) is 35.3 Å². The van der Waals surface area contributed by atoms with E-state index in [1.54, 1.807) is 6.07 Å². The van der Waals surface area contributed by atoms with E-state index in [2.05, 4.69) is 92.2 Å². The first-order valence-corrected chi connectivity index (χ1v) is 11.2. The molecule has 0 atom stereocenters. The van der Waals surface area contributed by atoms with Crippen LogP contribution in [0.4, 0.5) is 5.69 Å². The Bertz CT molecular complexity index is 1650. The number of rotatable bonds is 3. The number of nitrogens with zero attached hydrogens (tertiary/aromatic N) is 1. The van der Waals surface area contributed by atoms with Crippen LogP contribution in [0.3, 0.4) is 0 Å². The molecule has 160 valence electrons. The van der Waals surface area contributed by atoms with E-state index in [-0.39, 0.29) is 5.41 Å². The minimum Gasteiger partial charge on any atom is -0.478 e. The first kappa shape index (κ1) is 19.7. The Morgan fingerprint density at radius 2 is 1.52 bits per heavy atom. The molecular weight excluding hydrogens is 406 g/mol. The molecule has 0 fully saturated rings. The quantitative estimate of drug-likeness (QED) is 0.247. The lowest BCUT2D eigenvalue weighted by molar-refractivity contribution is -0.401. The zero-order chi connectivity index (χ0) is 22.9. The van der Waals surface area contributed by atoms with Gasteiger partial charge >= 0.3 is 5.97 Å². The maximum Gasteiger partial charge on any atom is 0.335 e. The van der Waals surface area contributed by atoms with Crippen molar-refractivity contribution in [1.82, 2.24) is 0 Å². The number of hydrogen-bond acceptors (Lipinski definition) is 1. The van der Waals surface area contributed by atoms with Crippen molar-refractivity contribution in [3.05, 3.63) is 95.6 Å². The summed E-state index contributed by atoms with van der Waals surface area (Å²) in [6.45, 7) is 4.31. The highest BCUT2D eigenvalue weighted by Crippen LogP contribution is 2.41. The van der Waals surface area contributed by atoms with Crippen molar-refractivity contribution in [2.24, 2.45) is 0 Å². The van der Waals surface area contributed by atoms with E-state index in [0.717, 1.165) is 17.0 Å². The van der Waals surface area contributed by atoms with E-state index in [4.69, 9.17) is 0 Å². The lowest BCUT2D eigenvalue weighted by atomic mass is 9.80. The lowest BCUT2D eigenvalue weighted by Gasteiger charge is -2.16. The first-order valence-electron chi connectivity index (χ1n) is 11.2. The van der Waals surface area contributed by atoms with Crippen LogP contribution in [0.2, 0.25) is 0 Å². The second-order valence-electron chi connectivity index (χ2n) is 9.45. The summed E-state index contributed by atoms with van der Waals surface area (Å²) in [6.07, 6.45) is 4.38. The highest BCUT2D eigenvalue weighted by atomic mass is 16.4. The molecule has 0 aliphatic carbocycles. The summed E-state index contributed by atoms with van der Waals surface area (Å²) >= 11 is 0. The molecule has 33 heavy (non-hydrogen) atoms. The molecule has 0 aromatic heterocycles. The Labute approximate surface area is 192 Å². The average molecular weight is 431 g/mol. The Morgan fingerprint density at radius 1 is 0.848 bits per heavy atom. The summed E-state index contributed by atoms with van der Waals surface area (Å²) in [5.41, 5.74) is 4.45. The molecule has 0 radical (unpaired) electrons. The smallest absolute Gasteiger partial charge is 0.335 e. The average Bonchev–Trinajstić information content (AvgIpc) is 3.01. The summed E-state index contributed by atoms with van der Waals surface area (Å²) in [7, 11) is 2.05. The van der Waals surface area contributed by atoms with E-state index >= 15 is 0 Å². The number of carboxylic acid groups (broad SMARTS) is 1. The Hall–Kier alpha value is -3.98. The minimum absolute atomic E-state index is 0.296. The molecule has 5 aromatic carbocycles. The van der Waals surface area contributed by atoms with Crippen molar-refractivity contribution in [2.45, 2.75) is 19.3 Å². The molecule has 1 aliphatic heterocycles. The second-order valence-corrected chi connectivity index (χ2v) is 9.45. The summed E-state index contributed by atoms with van der Waals surface area (Å²) in [5, 5.41) is 17.1. The van der Waals surface area contributed by atoms with Gasteiger partial charge in [-0.2, -0.15) is 4.58 Å². The van der Waals surface area contributed by atoms with E-state index < -0.39 is 5.97 Å². The van der Waals surface area contributed by atoms with Gasteiger partial charge in [0.25, 0.3) is 0 Å². The molecule has 1 N–H and O–H groups in total. The maximum atomic E-state index is 11.5. The molecule has 0 amide bonds. The summed E-state index contributed by atoms with van der Waals surface area (Å²) in [6, 6.07) is 25.1.